The molecule has 1 heterocycles. The summed E-state index contributed by atoms with van der Waals surface area (Å²) in [7, 11) is 0. The first-order valence-corrected chi connectivity index (χ1v) is 5.21. The van der Waals surface area contributed by atoms with Crippen molar-refractivity contribution in [3.05, 3.63) is 41.2 Å². The largest absolute Gasteiger partial charge is 0.324 e. The summed E-state index contributed by atoms with van der Waals surface area (Å²) in [5.74, 6) is 0. The fourth-order valence-corrected chi connectivity index (χ4v) is 2.09. The molecule has 1 atom stereocenters. The van der Waals surface area contributed by atoms with Gasteiger partial charge in [-0.25, -0.2) is 0 Å². The number of hydrogen-bond acceptors (Lipinski definition) is 2. The molecule has 0 radical (unpaired) electrons. The molecule has 1 unspecified atom stereocenters. The lowest BCUT2D eigenvalue weighted by molar-refractivity contribution is 0.826. The third-order valence-electron chi connectivity index (χ3n) is 2.85. The highest BCUT2D eigenvalue weighted by molar-refractivity contribution is 5.90. The van der Waals surface area contributed by atoms with Crippen molar-refractivity contribution in [1.29, 1.82) is 0 Å². The molecule has 15 heavy (non-hydrogen) atoms. The average molecular weight is 200 g/mol. The van der Waals surface area contributed by atoms with Crippen LogP contribution in [0.1, 0.15) is 29.8 Å². The van der Waals surface area contributed by atoms with Gasteiger partial charge in [0.25, 0.3) is 0 Å². The Morgan fingerprint density at radius 2 is 1.93 bits per heavy atom. The van der Waals surface area contributed by atoms with E-state index in [0.717, 1.165) is 5.69 Å². The molecule has 0 amide bonds. The van der Waals surface area contributed by atoms with E-state index in [9.17, 15) is 0 Å². The van der Waals surface area contributed by atoms with Gasteiger partial charge in [0, 0.05) is 23.3 Å². The monoisotopic (exact) mass is 200 g/mol. The Morgan fingerprint density at radius 3 is 2.60 bits per heavy atom. The van der Waals surface area contributed by atoms with Gasteiger partial charge in [0.1, 0.15) is 0 Å². The molecule has 78 valence electrons. The van der Waals surface area contributed by atoms with Crippen LogP contribution < -0.4 is 5.73 Å². The van der Waals surface area contributed by atoms with Crippen LogP contribution in [0, 0.1) is 13.8 Å². The van der Waals surface area contributed by atoms with Crippen molar-refractivity contribution in [1.82, 2.24) is 4.98 Å². The number of nitrogens with two attached hydrogens (primary N) is 1. The molecular weight excluding hydrogens is 184 g/mol. The number of aromatic nitrogens is 1. The highest BCUT2D eigenvalue weighted by Gasteiger charge is 2.08. The van der Waals surface area contributed by atoms with Gasteiger partial charge in [0.05, 0.1) is 0 Å². The summed E-state index contributed by atoms with van der Waals surface area (Å²) in [5.41, 5.74) is 9.50. The Balaban J connectivity index is 2.89. The topological polar surface area (TPSA) is 38.9 Å². The first kappa shape index (κ1) is 10.1. The van der Waals surface area contributed by atoms with Crippen LogP contribution in [0.5, 0.6) is 0 Å². The molecule has 2 rings (SSSR count). The number of benzene rings is 1. The van der Waals surface area contributed by atoms with Crippen molar-refractivity contribution in [2.45, 2.75) is 26.8 Å². The van der Waals surface area contributed by atoms with Crippen LogP contribution in [-0.2, 0) is 0 Å². The normalized spacial score (nSPS) is 13.1. The summed E-state index contributed by atoms with van der Waals surface area (Å²) in [6.45, 7) is 6.17. The third kappa shape index (κ3) is 1.61. The molecule has 1 aromatic heterocycles. The lowest BCUT2D eigenvalue weighted by atomic mass is 9.96. The summed E-state index contributed by atoms with van der Waals surface area (Å²) >= 11 is 0. The Labute approximate surface area is 90.1 Å². The third-order valence-corrected chi connectivity index (χ3v) is 2.85. The van der Waals surface area contributed by atoms with Gasteiger partial charge in [-0.3, -0.25) is 4.98 Å². The van der Waals surface area contributed by atoms with Crippen LogP contribution in [0.4, 0.5) is 0 Å². The standard InChI is InChI=1S/C13H16N2/c1-8-4-5-11(9(2)14)12-6-7-15-10(3)13(8)12/h4-7,9H,14H2,1-3H3. The van der Waals surface area contributed by atoms with Crippen LogP contribution in [-0.4, -0.2) is 4.98 Å². The molecule has 0 bridgehead atoms. The van der Waals surface area contributed by atoms with Crippen molar-refractivity contribution in [2.24, 2.45) is 5.73 Å². The van der Waals surface area contributed by atoms with E-state index in [2.05, 4.69) is 24.0 Å². The van der Waals surface area contributed by atoms with Gasteiger partial charge < -0.3 is 5.73 Å². The van der Waals surface area contributed by atoms with E-state index in [1.54, 1.807) is 0 Å². The van der Waals surface area contributed by atoms with Gasteiger partial charge in [0.2, 0.25) is 0 Å². The molecule has 0 saturated heterocycles. The smallest absolute Gasteiger partial charge is 0.0453 e. The van der Waals surface area contributed by atoms with Gasteiger partial charge in [-0.1, -0.05) is 12.1 Å². The zero-order chi connectivity index (χ0) is 11.0. The van der Waals surface area contributed by atoms with E-state index in [1.165, 1.54) is 21.9 Å². The quantitative estimate of drug-likeness (QED) is 0.768. The summed E-state index contributed by atoms with van der Waals surface area (Å²) in [6, 6.07) is 6.35. The minimum atomic E-state index is 0.0647. The van der Waals surface area contributed by atoms with E-state index in [4.69, 9.17) is 5.73 Å². The van der Waals surface area contributed by atoms with E-state index in [0.29, 0.717) is 0 Å². The van der Waals surface area contributed by atoms with Crippen LogP contribution in [0.3, 0.4) is 0 Å². The maximum atomic E-state index is 5.96. The predicted octanol–water partition coefficient (Wildman–Crippen LogP) is 2.87. The summed E-state index contributed by atoms with van der Waals surface area (Å²) in [5, 5.41) is 2.48. The zero-order valence-corrected chi connectivity index (χ0v) is 9.41. The Morgan fingerprint density at radius 1 is 1.20 bits per heavy atom. The Hall–Kier alpha value is -1.41. The maximum Gasteiger partial charge on any atom is 0.0453 e. The highest BCUT2D eigenvalue weighted by atomic mass is 14.7. The molecule has 0 fully saturated rings. The molecule has 1 aromatic carbocycles. The fourth-order valence-electron chi connectivity index (χ4n) is 2.09. The van der Waals surface area contributed by atoms with E-state index in [-0.39, 0.29) is 6.04 Å². The van der Waals surface area contributed by atoms with Gasteiger partial charge in [0.15, 0.2) is 0 Å². The minimum Gasteiger partial charge on any atom is -0.324 e. The molecule has 2 heteroatoms. The first-order valence-electron chi connectivity index (χ1n) is 5.21. The van der Waals surface area contributed by atoms with Crippen LogP contribution in [0.25, 0.3) is 10.8 Å². The predicted molar refractivity (Wildman–Crippen MR) is 63.8 cm³/mol. The number of fused-ring (bicyclic) bond motifs is 1. The molecule has 0 saturated carbocycles. The van der Waals surface area contributed by atoms with Crippen molar-refractivity contribution in [3.8, 4) is 0 Å². The maximum absolute atomic E-state index is 5.96. The van der Waals surface area contributed by atoms with Crippen molar-refractivity contribution >= 4 is 10.8 Å². The number of aryl methyl sites for hydroxylation is 2. The summed E-state index contributed by atoms with van der Waals surface area (Å²) in [4.78, 5) is 4.33. The minimum absolute atomic E-state index is 0.0647. The van der Waals surface area contributed by atoms with Crippen LogP contribution in [0.2, 0.25) is 0 Å². The van der Waals surface area contributed by atoms with Crippen LogP contribution in [0.15, 0.2) is 24.4 Å². The van der Waals surface area contributed by atoms with E-state index in [1.807, 2.05) is 26.1 Å². The number of pyridine rings is 1. The molecule has 0 aliphatic carbocycles. The average Bonchev–Trinajstić information content (AvgIpc) is 2.17. The fraction of sp³-hybridized carbons (Fsp3) is 0.308. The van der Waals surface area contributed by atoms with Crippen LogP contribution >= 0.6 is 0 Å². The molecule has 2 N–H and O–H groups in total. The van der Waals surface area contributed by atoms with Crippen molar-refractivity contribution in [3.63, 3.8) is 0 Å². The van der Waals surface area contributed by atoms with Gasteiger partial charge in [-0.2, -0.15) is 0 Å². The van der Waals surface area contributed by atoms with Gasteiger partial charge in [-0.05, 0) is 43.4 Å². The molecule has 0 spiro atoms. The molecule has 2 nitrogen and oxygen atoms in total. The number of nitrogens with zero attached hydrogens (tertiary/aromatic N) is 1. The lowest BCUT2D eigenvalue weighted by Gasteiger charge is -2.12. The summed E-state index contributed by atoms with van der Waals surface area (Å²) in [6.07, 6.45) is 1.85. The van der Waals surface area contributed by atoms with Crippen molar-refractivity contribution in [2.75, 3.05) is 0 Å². The van der Waals surface area contributed by atoms with E-state index < -0.39 is 0 Å². The Kier molecular flexibility index (Phi) is 2.45. The van der Waals surface area contributed by atoms with Gasteiger partial charge >= 0.3 is 0 Å². The first-order chi connectivity index (χ1) is 7.11. The second kappa shape index (κ2) is 3.63. The van der Waals surface area contributed by atoms with Crippen molar-refractivity contribution < 1.29 is 0 Å². The SMILES string of the molecule is Cc1ccc(C(C)N)c2ccnc(C)c12. The van der Waals surface area contributed by atoms with Gasteiger partial charge in [-0.15, -0.1) is 0 Å². The highest BCUT2D eigenvalue weighted by Crippen LogP contribution is 2.27. The lowest BCUT2D eigenvalue weighted by Crippen LogP contribution is -2.06. The second-order valence-corrected chi connectivity index (χ2v) is 4.08. The zero-order valence-electron chi connectivity index (χ0n) is 9.41. The van der Waals surface area contributed by atoms with E-state index >= 15 is 0 Å². The molecular formula is C13H16N2. The second-order valence-electron chi connectivity index (χ2n) is 4.08. The number of rotatable bonds is 1. The molecule has 0 aliphatic heterocycles. The Bertz CT molecular complexity index is 493. The number of hydrogen-bond donors (Lipinski definition) is 1. The molecule has 0 aliphatic rings. The summed E-state index contributed by atoms with van der Waals surface area (Å²) < 4.78 is 0. The molecule has 2 aromatic rings.